The van der Waals surface area contributed by atoms with E-state index in [1.165, 1.54) is 0 Å². The fourth-order valence-corrected chi connectivity index (χ4v) is 1.37. The van der Waals surface area contributed by atoms with Gasteiger partial charge in [-0.25, -0.2) is 0 Å². The van der Waals surface area contributed by atoms with Crippen molar-refractivity contribution >= 4 is 5.69 Å². The summed E-state index contributed by atoms with van der Waals surface area (Å²) in [7, 11) is 0. The maximum Gasteiger partial charge on any atom is 0.118 e. The number of anilines is 1. The first-order chi connectivity index (χ1) is 7.21. The summed E-state index contributed by atoms with van der Waals surface area (Å²) in [6.07, 6.45) is 0. The van der Waals surface area contributed by atoms with E-state index in [4.69, 9.17) is 0 Å². The molecule has 0 fully saturated rings. The average molecular weight is 223 g/mol. The molecule has 90 valence electrons. The second-order valence-electron chi connectivity index (χ2n) is 4.97. The summed E-state index contributed by atoms with van der Waals surface area (Å²) in [5, 5.41) is 22.6. The fourth-order valence-electron chi connectivity index (χ4n) is 1.37. The molecular formula is C13H21NO2. The molecule has 0 aromatic heterocycles. The van der Waals surface area contributed by atoms with Crippen LogP contribution in [0.3, 0.4) is 0 Å². The molecule has 3 N–H and O–H groups in total. The SMILES string of the molecule is Cc1cc(NC(C)C(C)(C)O)c(C)cc1O. The van der Waals surface area contributed by atoms with Crippen LogP contribution in [0.25, 0.3) is 0 Å². The first kappa shape index (κ1) is 12.8. The minimum Gasteiger partial charge on any atom is -0.508 e. The Morgan fingerprint density at radius 2 is 1.75 bits per heavy atom. The highest BCUT2D eigenvalue weighted by Gasteiger charge is 2.22. The lowest BCUT2D eigenvalue weighted by molar-refractivity contribution is 0.0649. The predicted molar refractivity (Wildman–Crippen MR) is 67.0 cm³/mol. The minimum atomic E-state index is -0.780. The van der Waals surface area contributed by atoms with Crippen molar-refractivity contribution in [2.75, 3.05) is 5.32 Å². The van der Waals surface area contributed by atoms with Gasteiger partial charge in [0.1, 0.15) is 5.75 Å². The van der Waals surface area contributed by atoms with Gasteiger partial charge in [-0.15, -0.1) is 0 Å². The van der Waals surface area contributed by atoms with Crippen molar-refractivity contribution < 1.29 is 10.2 Å². The molecule has 1 atom stereocenters. The molecule has 1 unspecified atom stereocenters. The van der Waals surface area contributed by atoms with Crippen LogP contribution in [0.15, 0.2) is 12.1 Å². The van der Waals surface area contributed by atoms with Crippen LogP contribution in [0.2, 0.25) is 0 Å². The molecule has 0 aliphatic rings. The standard InChI is InChI=1S/C13H21NO2/c1-8-7-12(15)9(2)6-11(8)14-10(3)13(4,5)16/h6-7,10,14-16H,1-5H3. The van der Waals surface area contributed by atoms with Crippen LogP contribution in [0.1, 0.15) is 31.9 Å². The summed E-state index contributed by atoms with van der Waals surface area (Å²) in [5.41, 5.74) is 1.97. The van der Waals surface area contributed by atoms with Gasteiger partial charge in [0.05, 0.1) is 11.6 Å². The highest BCUT2D eigenvalue weighted by molar-refractivity contribution is 5.57. The smallest absolute Gasteiger partial charge is 0.118 e. The summed E-state index contributed by atoms with van der Waals surface area (Å²) in [6.45, 7) is 9.26. The molecule has 3 nitrogen and oxygen atoms in total. The maximum atomic E-state index is 9.85. The van der Waals surface area contributed by atoms with Gasteiger partial charge >= 0.3 is 0 Å². The van der Waals surface area contributed by atoms with Gasteiger partial charge in [-0.05, 0) is 57.9 Å². The van der Waals surface area contributed by atoms with Crippen LogP contribution in [-0.4, -0.2) is 21.9 Å². The molecule has 0 saturated carbocycles. The molecule has 0 spiro atoms. The molecule has 0 radical (unpaired) electrons. The van der Waals surface area contributed by atoms with E-state index in [0.717, 1.165) is 16.8 Å². The normalized spacial score (nSPS) is 13.6. The molecule has 1 rings (SSSR count). The molecule has 0 bridgehead atoms. The van der Waals surface area contributed by atoms with Crippen LogP contribution < -0.4 is 5.32 Å². The molecule has 0 amide bonds. The molecule has 1 aromatic carbocycles. The number of phenolic OH excluding ortho intramolecular Hbond substituents is 1. The van der Waals surface area contributed by atoms with Gasteiger partial charge in [-0.2, -0.15) is 0 Å². The quantitative estimate of drug-likeness (QED) is 0.690. The number of aryl methyl sites for hydroxylation is 2. The van der Waals surface area contributed by atoms with E-state index in [1.54, 1.807) is 19.9 Å². The number of nitrogens with one attached hydrogen (secondary N) is 1. The Morgan fingerprint density at radius 3 is 2.25 bits per heavy atom. The van der Waals surface area contributed by atoms with Crippen molar-refractivity contribution in [2.24, 2.45) is 0 Å². The third-order valence-electron chi connectivity index (χ3n) is 2.97. The lowest BCUT2D eigenvalue weighted by Gasteiger charge is -2.28. The summed E-state index contributed by atoms with van der Waals surface area (Å²) >= 11 is 0. The number of rotatable bonds is 3. The number of hydrogen-bond donors (Lipinski definition) is 3. The van der Waals surface area contributed by atoms with E-state index < -0.39 is 5.60 Å². The molecule has 0 saturated heterocycles. The summed E-state index contributed by atoms with van der Waals surface area (Å²) in [6, 6.07) is 3.57. The lowest BCUT2D eigenvalue weighted by atomic mass is 9.99. The van der Waals surface area contributed by atoms with E-state index in [-0.39, 0.29) is 6.04 Å². The van der Waals surface area contributed by atoms with Gasteiger partial charge in [0.25, 0.3) is 0 Å². The van der Waals surface area contributed by atoms with Crippen molar-refractivity contribution in [1.82, 2.24) is 0 Å². The van der Waals surface area contributed by atoms with Gasteiger partial charge in [0.2, 0.25) is 0 Å². The molecule has 0 aliphatic carbocycles. The van der Waals surface area contributed by atoms with Gasteiger partial charge in [0, 0.05) is 5.69 Å². The highest BCUT2D eigenvalue weighted by atomic mass is 16.3. The van der Waals surface area contributed by atoms with Crippen LogP contribution >= 0.6 is 0 Å². The van der Waals surface area contributed by atoms with E-state index in [2.05, 4.69) is 5.32 Å². The zero-order chi connectivity index (χ0) is 12.5. The Balaban J connectivity index is 2.94. The number of aromatic hydroxyl groups is 1. The fraction of sp³-hybridized carbons (Fsp3) is 0.538. The van der Waals surface area contributed by atoms with Crippen LogP contribution in [-0.2, 0) is 0 Å². The van der Waals surface area contributed by atoms with E-state index in [0.29, 0.717) is 5.75 Å². The molecule has 0 heterocycles. The van der Waals surface area contributed by atoms with Crippen LogP contribution in [0.4, 0.5) is 5.69 Å². The maximum absolute atomic E-state index is 9.85. The Hall–Kier alpha value is -1.22. The molecule has 3 heteroatoms. The molecule has 16 heavy (non-hydrogen) atoms. The highest BCUT2D eigenvalue weighted by Crippen LogP contribution is 2.26. The molecule has 0 aliphatic heterocycles. The number of hydrogen-bond acceptors (Lipinski definition) is 3. The summed E-state index contributed by atoms with van der Waals surface area (Å²) in [5.74, 6) is 0.305. The summed E-state index contributed by atoms with van der Waals surface area (Å²) < 4.78 is 0. The van der Waals surface area contributed by atoms with Crippen molar-refractivity contribution in [3.63, 3.8) is 0 Å². The second-order valence-corrected chi connectivity index (χ2v) is 4.97. The number of benzene rings is 1. The Morgan fingerprint density at radius 1 is 1.19 bits per heavy atom. The Labute approximate surface area is 97.1 Å². The van der Waals surface area contributed by atoms with Gasteiger partial charge in [0.15, 0.2) is 0 Å². The minimum absolute atomic E-state index is 0.0601. The third kappa shape index (κ3) is 2.89. The predicted octanol–water partition coefficient (Wildman–Crippen LogP) is 2.58. The Kier molecular flexibility index (Phi) is 3.48. The lowest BCUT2D eigenvalue weighted by Crippen LogP contribution is -2.39. The van der Waals surface area contributed by atoms with Crippen molar-refractivity contribution in [3.05, 3.63) is 23.3 Å². The monoisotopic (exact) mass is 223 g/mol. The third-order valence-corrected chi connectivity index (χ3v) is 2.97. The number of phenols is 1. The number of aliphatic hydroxyl groups is 1. The first-order valence-corrected chi connectivity index (χ1v) is 5.51. The van der Waals surface area contributed by atoms with Crippen molar-refractivity contribution in [2.45, 2.75) is 46.3 Å². The zero-order valence-corrected chi connectivity index (χ0v) is 10.6. The van der Waals surface area contributed by atoms with Gasteiger partial charge in [-0.1, -0.05) is 0 Å². The molecule has 1 aromatic rings. The average Bonchev–Trinajstić information content (AvgIpc) is 2.12. The topological polar surface area (TPSA) is 52.5 Å². The van der Waals surface area contributed by atoms with E-state index in [1.807, 2.05) is 26.8 Å². The summed E-state index contributed by atoms with van der Waals surface area (Å²) in [4.78, 5) is 0. The van der Waals surface area contributed by atoms with Crippen molar-refractivity contribution in [1.29, 1.82) is 0 Å². The Bertz CT molecular complexity index is 380. The largest absolute Gasteiger partial charge is 0.508 e. The van der Waals surface area contributed by atoms with Crippen LogP contribution in [0, 0.1) is 13.8 Å². The van der Waals surface area contributed by atoms with E-state index >= 15 is 0 Å². The first-order valence-electron chi connectivity index (χ1n) is 5.51. The van der Waals surface area contributed by atoms with E-state index in [9.17, 15) is 10.2 Å². The van der Waals surface area contributed by atoms with Crippen LogP contribution in [0.5, 0.6) is 5.75 Å². The van der Waals surface area contributed by atoms with Gasteiger partial charge in [-0.3, -0.25) is 0 Å². The molecular weight excluding hydrogens is 202 g/mol. The van der Waals surface area contributed by atoms with Crippen molar-refractivity contribution in [3.8, 4) is 5.75 Å². The van der Waals surface area contributed by atoms with Gasteiger partial charge < -0.3 is 15.5 Å². The zero-order valence-electron chi connectivity index (χ0n) is 10.6. The second kappa shape index (κ2) is 4.34.